The van der Waals surface area contributed by atoms with Crippen molar-refractivity contribution in [3.63, 3.8) is 0 Å². The number of anilines is 1. The second-order valence-electron chi connectivity index (χ2n) is 2.84. The van der Waals surface area contributed by atoms with E-state index in [1.165, 1.54) is 0 Å². The van der Waals surface area contributed by atoms with Gasteiger partial charge in [-0.25, -0.2) is 0 Å². The molecule has 0 radical (unpaired) electrons. The fourth-order valence-electron chi connectivity index (χ4n) is 1.17. The van der Waals surface area contributed by atoms with Crippen LogP contribution in [-0.4, -0.2) is 13.7 Å². The normalized spacial score (nSPS) is 12.5. The minimum Gasteiger partial charge on any atom is -0.496 e. The van der Waals surface area contributed by atoms with Crippen LogP contribution >= 0.6 is 0 Å². The summed E-state index contributed by atoms with van der Waals surface area (Å²) in [5.41, 5.74) is 18.4. The highest BCUT2D eigenvalue weighted by atomic mass is 16.5. The number of hydrogen-bond donors (Lipinski definition) is 3. The van der Waals surface area contributed by atoms with Gasteiger partial charge in [0.25, 0.3) is 0 Å². The maximum absolute atomic E-state index is 5.78. The fourth-order valence-corrected chi connectivity index (χ4v) is 1.17. The summed E-state index contributed by atoms with van der Waals surface area (Å²) in [5, 5.41) is 0. The van der Waals surface area contributed by atoms with E-state index in [-0.39, 0.29) is 6.04 Å². The minimum absolute atomic E-state index is 0.224. The third-order valence-electron chi connectivity index (χ3n) is 1.91. The van der Waals surface area contributed by atoms with Gasteiger partial charge in [-0.3, -0.25) is 0 Å². The van der Waals surface area contributed by atoms with Crippen molar-refractivity contribution in [1.29, 1.82) is 0 Å². The van der Waals surface area contributed by atoms with Crippen LogP contribution in [0.15, 0.2) is 18.2 Å². The van der Waals surface area contributed by atoms with Crippen LogP contribution in [0.3, 0.4) is 0 Å². The van der Waals surface area contributed by atoms with Gasteiger partial charge in [0.2, 0.25) is 0 Å². The zero-order valence-electron chi connectivity index (χ0n) is 7.66. The largest absolute Gasteiger partial charge is 0.496 e. The van der Waals surface area contributed by atoms with E-state index in [0.29, 0.717) is 12.2 Å². The molecule has 6 N–H and O–H groups in total. The lowest BCUT2D eigenvalue weighted by molar-refractivity contribution is 0.406. The first-order chi connectivity index (χ1) is 6.19. The van der Waals surface area contributed by atoms with Gasteiger partial charge < -0.3 is 21.9 Å². The molecule has 0 aliphatic heterocycles. The summed E-state index contributed by atoms with van der Waals surface area (Å²) < 4.78 is 5.13. The van der Waals surface area contributed by atoms with Crippen molar-refractivity contribution in [3.05, 3.63) is 23.8 Å². The van der Waals surface area contributed by atoms with Gasteiger partial charge in [0.05, 0.1) is 7.11 Å². The van der Waals surface area contributed by atoms with Crippen molar-refractivity contribution in [2.45, 2.75) is 6.04 Å². The smallest absolute Gasteiger partial charge is 0.123 e. The van der Waals surface area contributed by atoms with Crippen LogP contribution in [0.5, 0.6) is 5.75 Å². The number of methoxy groups -OCH3 is 1. The zero-order chi connectivity index (χ0) is 9.84. The molecule has 0 aliphatic carbocycles. The Balaban J connectivity index is 3.07. The summed E-state index contributed by atoms with van der Waals surface area (Å²) in [4.78, 5) is 0. The molecule has 0 fully saturated rings. The van der Waals surface area contributed by atoms with Crippen LogP contribution < -0.4 is 21.9 Å². The molecule has 0 unspecified atom stereocenters. The Kier molecular flexibility index (Phi) is 3.11. The Bertz CT molecular complexity index is 288. The molecule has 1 rings (SSSR count). The molecule has 0 heterocycles. The van der Waals surface area contributed by atoms with Gasteiger partial charge >= 0.3 is 0 Å². The summed E-state index contributed by atoms with van der Waals surface area (Å²) in [6.07, 6.45) is 0. The maximum Gasteiger partial charge on any atom is 0.123 e. The molecular weight excluding hydrogens is 166 g/mol. The Morgan fingerprint density at radius 3 is 2.69 bits per heavy atom. The summed E-state index contributed by atoms with van der Waals surface area (Å²) in [7, 11) is 1.60. The standard InChI is InChI=1S/C9H15N3O/c1-13-9-3-2-6(11)4-7(9)8(12)5-10/h2-4,8H,5,10-12H2,1H3/t8-/m1/s1. The predicted molar refractivity (Wildman–Crippen MR) is 53.4 cm³/mol. The molecular formula is C9H15N3O. The van der Waals surface area contributed by atoms with Gasteiger partial charge in [0.15, 0.2) is 0 Å². The highest BCUT2D eigenvalue weighted by molar-refractivity contribution is 5.49. The van der Waals surface area contributed by atoms with E-state index in [1.807, 2.05) is 0 Å². The molecule has 0 spiro atoms. The molecule has 0 saturated heterocycles. The third kappa shape index (κ3) is 2.11. The van der Waals surface area contributed by atoms with Crippen molar-refractivity contribution < 1.29 is 4.74 Å². The highest BCUT2D eigenvalue weighted by Crippen LogP contribution is 2.25. The molecule has 1 atom stereocenters. The minimum atomic E-state index is -0.224. The quantitative estimate of drug-likeness (QED) is 0.583. The van der Waals surface area contributed by atoms with Crippen LogP contribution in [-0.2, 0) is 0 Å². The molecule has 0 saturated carbocycles. The monoisotopic (exact) mass is 181 g/mol. The highest BCUT2D eigenvalue weighted by Gasteiger charge is 2.09. The Morgan fingerprint density at radius 1 is 1.46 bits per heavy atom. The van der Waals surface area contributed by atoms with E-state index in [4.69, 9.17) is 21.9 Å². The first kappa shape index (κ1) is 9.83. The van der Waals surface area contributed by atoms with Gasteiger partial charge in [-0.2, -0.15) is 0 Å². The van der Waals surface area contributed by atoms with Crippen LogP contribution in [0.2, 0.25) is 0 Å². The van der Waals surface area contributed by atoms with E-state index in [0.717, 1.165) is 11.3 Å². The Morgan fingerprint density at radius 2 is 2.15 bits per heavy atom. The molecule has 72 valence electrons. The lowest BCUT2D eigenvalue weighted by Crippen LogP contribution is -2.21. The zero-order valence-corrected chi connectivity index (χ0v) is 7.66. The molecule has 0 amide bonds. The number of hydrogen-bond acceptors (Lipinski definition) is 4. The van der Waals surface area contributed by atoms with Crippen molar-refractivity contribution in [3.8, 4) is 5.75 Å². The van der Waals surface area contributed by atoms with Crippen molar-refractivity contribution in [2.24, 2.45) is 11.5 Å². The van der Waals surface area contributed by atoms with Crippen LogP contribution in [0.1, 0.15) is 11.6 Å². The average molecular weight is 181 g/mol. The van der Waals surface area contributed by atoms with E-state index in [2.05, 4.69) is 0 Å². The molecule has 1 aromatic carbocycles. The first-order valence-electron chi connectivity index (χ1n) is 4.08. The molecule has 0 bridgehead atoms. The van der Waals surface area contributed by atoms with Crippen LogP contribution in [0.25, 0.3) is 0 Å². The first-order valence-corrected chi connectivity index (χ1v) is 4.08. The predicted octanol–water partition coefficient (Wildman–Crippen LogP) is 0.236. The van der Waals surface area contributed by atoms with Gasteiger partial charge in [0.1, 0.15) is 5.75 Å². The third-order valence-corrected chi connectivity index (χ3v) is 1.91. The molecule has 4 heteroatoms. The molecule has 0 aliphatic rings. The van der Waals surface area contributed by atoms with Gasteiger partial charge in [-0.1, -0.05) is 0 Å². The lowest BCUT2D eigenvalue weighted by atomic mass is 10.1. The number of nitrogen functional groups attached to an aromatic ring is 1. The molecule has 1 aromatic rings. The van der Waals surface area contributed by atoms with E-state index < -0.39 is 0 Å². The lowest BCUT2D eigenvalue weighted by Gasteiger charge is -2.14. The SMILES string of the molecule is COc1ccc(N)cc1[C@H](N)CN. The summed E-state index contributed by atoms with van der Waals surface area (Å²) in [5.74, 6) is 0.729. The van der Waals surface area contributed by atoms with Gasteiger partial charge in [0, 0.05) is 23.8 Å². The second-order valence-corrected chi connectivity index (χ2v) is 2.84. The Labute approximate surface area is 77.7 Å². The number of benzene rings is 1. The van der Waals surface area contributed by atoms with Crippen molar-refractivity contribution in [1.82, 2.24) is 0 Å². The molecule has 4 nitrogen and oxygen atoms in total. The summed E-state index contributed by atoms with van der Waals surface area (Å²) >= 11 is 0. The maximum atomic E-state index is 5.78. The average Bonchev–Trinajstić information content (AvgIpc) is 2.16. The fraction of sp³-hybridized carbons (Fsp3) is 0.333. The molecule has 13 heavy (non-hydrogen) atoms. The van der Waals surface area contributed by atoms with Crippen molar-refractivity contribution in [2.75, 3.05) is 19.4 Å². The topological polar surface area (TPSA) is 87.3 Å². The van der Waals surface area contributed by atoms with Crippen LogP contribution in [0.4, 0.5) is 5.69 Å². The second kappa shape index (κ2) is 4.11. The summed E-state index contributed by atoms with van der Waals surface area (Å²) in [6.45, 7) is 0.375. The Hall–Kier alpha value is -1.26. The summed E-state index contributed by atoms with van der Waals surface area (Å²) in [6, 6.07) is 5.13. The van der Waals surface area contributed by atoms with E-state index in [1.54, 1.807) is 25.3 Å². The number of ether oxygens (including phenoxy) is 1. The van der Waals surface area contributed by atoms with E-state index in [9.17, 15) is 0 Å². The molecule has 0 aromatic heterocycles. The van der Waals surface area contributed by atoms with Crippen LogP contribution in [0, 0.1) is 0 Å². The van der Waals surface area contributed by atoms with E-state index >= 15 is 0 Å². The van der Waals surface area contributed by atoms with Crippen molar-refractivity contribution >= 4 is 5.69 Å². The number of rotatable bonds is 3. The number of nitrogens with two attached hydrogens (primary N) is 3. The van der Waals surface area contributed by atoms with Gasteiger partial charge in [-0.05, 0) is 18.2 Å². The van der Waals surface area contributed by atoms with Gasteiger partial charge in [-0.15, -0.1) is 0 Å².